The van der Waals surface area contributed by atoms with Crippen molar-refractivity contribution in [3.63, 3.8) is 0 Å². The molecule has 1 atom stereocenters. The number of aromatic nitrogens is 2. The predicted octanol–water partition coefficient (Wildman–Crippen LogP) is 4.70. The Morgan fingerprint density at radius 2 is 1.87 bits per heavy atom. The number of nitro benzene ring substituents is 1. The van der Waals surface area contributed by atoms with E-state index < -0.39 is 4.92 Å². The molecular formula is C28H32N4O5S. The number of ether oxygens (including phenoxy) is 1. The number of nitro groups is 1. The lowest BCUT2D eigenvalue weighted by molar-refractivity contribution is -0.384. The van der Waals surface area contributed by atoms with E-state index in [1.807, 2.05) is 18.2 Å². The Hall–Kier alpha value is -3.24. The molecule has 9 nitrogen and oxygen atoms in total. The van der Waals surface area contributed by atoms with Crippen molar-refractivity contribution in [2.45, 2.75) is 62.1 Å². The molecule has 0 unspecified atom stereocenters. The number of para-hydroxylation sites is 1. The maximum Gasteiger partial charge on any atom is 0.269 e. The van der Waals surface area contributed by atoms with E-state index in [-0.39, 0.29) is 35.1 Å². The minimum absolute atomic E-state index is 0.00934. The zero-order chi connectivity index (χ0) is 26.5. The van der Waals surface area contributed by atoms with Gasteiger partial charge in [0.05, 0.1) is 21.9 Å². The lowest BCUT2D eigenvalue weighted by Crippen LogP contribution is -2.38. The number of thioether (sulfide) groups is 1. The van der Waals surface area contributed by atoms with Crippen LogP contribution in [0.25, 0.3) is 10.9 Å². The van der Waals surface area contributed by atoms with Crippen LogP contribution in [-0.2, 0) is 21.8 Å². The molecule has 1 amide bonds. The molecule has 2 aromatic carbocycles. The van der Waals surface area contributed by atoms with Gasteiger partial charge in [-0.1, -0.05) is 36.0 Å². The van der Waals surface area contributed by atoms with Crippen LogP contribution in [0.1, 0.15) is 44.1 Å². The molecule has 1 saturated heterocycles. The molecule has 2 heterocycles. The quantitative estimate of drug-likeness (QED) is 0.182. The minimum Gasteiger partial charge on any atom is -0.376 e. The highest BCUT2D eigenvalue weighted by Gasteiger charge is 2.28. The summed E-state index contributed by atoms with van der Waals surface area (Å²) in [5, 5.41) is 15.3. The Kier molecular flexibility index (Phi) is 8.38. The molecule has 1 aromatic heterocycles. The van der Waals surface area contributed by atoms with E-state index in [4.69, 9.17) is 9.72 Å². The van der Waals surface area contributed by atoms with Gasteiger partial charge in [-0.25, -0.2) is 4.98 Å². The number of fused-ring (bicyclic) bond motifs is 1. The Morgan fingerprint density at radius 1 is 1.11 bits per heavy atom. The highest BCUT2D eigenvalue weighted by atomic mass is 32.2. The summed E-state index contributed by atoms with van der Waals surface area (Å²) in [6.45, 7) is 1.93. The van der Waals surface area contributed by atoms with E-state index >= 15 is 0 Å². The number of hydrogen-bond donors (Lipinski definition) is 1. The molecule has 0 bridgehead atoms. The standard InChI is InChI=1S/C28H32N4O5S/c33-26(29-16-23-4-3-15-37-23)21-11-7-19(8-12-21)17-31-27(34)24-5-1-2-6-25(24)30-28(31)38-18-20-9-13-22(14-10-20)32(35)36/h1-2,5-6,9-10,13-14,19,21,23H,3-4,7-8,11-12,15-18H2,(H,29,33)/t19?,21?,23-/m0/s1. The first-order valence-corrected chi connectivity index (χ1v) is 14.2. The van der Waals surface area contributed by atoms with Crippen molar-refractivity contribution < 1.29 is 14.5 Å². The summed E-state index contributed by atoms with van der Waals surface area (Å²) in [4.78, 5) is 41.5. The maximum absolute atomic E-state index is 13.5. The van der Waals surface area contributed by atoms with Gasteiger partial charge in [0.15, 0.2) is 5.16 Å². The molecule has 1 N–H and O–H groups in total. The summed E-state index contributed by atoms with van der Waals surface area (Å²) in [6, 6.07) is 13.8. The van der Waals surface area contributed by atoms with Gasteiger partial charge in [-0.3, -0.25) is 24.3 Å². The van der Waals surface area contributed by atoms with Crippen LogP contribution in [-0.4, -0.2) is 39.6 Å². The number of nitrogens with zero attached hydrogens (tertiary/aromatic N) is 3. The fraction of sp³-hybridized carbons (Fsp3) is 0.464. The Bertz CT molecular complexity index is 1350. The van der Waals surface area contributed by atoms with Crippen molar-refractivity contribution in [2.75, 3.05) is 13.2 Å². The molecule has 2 fully saturated rings. The average molecular weight is 537 g/mol. The van der Waals surface area contributed by atoms with Crippen LogP contribution in [0.5, 0.6) is 0 Å². The normalized spacial score (nSPS) is 21.4. The van der Waals surface area contributed by atoms with Crippen LogP contribution in [0.15, 0.2) is 58.5 Å². The highest BCUT2D eigenvalue weighted by Crippen LogP contribution is 2.31. The van der Waals surface area contributed by atoms with Crippen molar-refractivity contribution in [2.24, 2.45) is 11.8 Å². The lowest BCUT2D eigenvalue weighted by atomic mass is 9.81. The number of non-ortho nitro benzene ring substituents is 1. The predicted molar refractivity (Wildman–Crippen MR) is 146 cm³/mol. The fourth-order valence-corrected chi connectivity index (χ4v) is 6.27. The summed E-state index contributed by atoms with van der Waals surface area (Å²) < 4.78 is 7.39. The number of nitrogens with one attached hydrogen (secondary N) is 1. The molecule has 5 rings (SSSR count). The van der Waals surface area contributed by atoms with E-state index in [0.717, 1.165) is 50.7 Å². The third-order valence-electron chi connectivity index (χ3n) is 7.53. The van der Waals surface area contributed by atoms with E-state index in [2.05, 4.69) is 5.32 Å². The molecular weight excluding hydrogens is 504 g/mol. The van der Waals surface area contributed by atoms with Gasteiger partial charge in [-0.15, -0.1) is 0 Å². The van der Waals surface area contributed by atoms with E-state index in [1.54, 1.807) is 22.8 Å². The van der Waals surface area contributed by atoms with Gasteiger partial charge >= 0.3 is 0 Å². The summed E-state index contributed by atoms with van der Waals surface area (Å²) in [5.74, 6) is 0.954. The summed E-state index contributed by atoms with van der Waals surface area (Å²) in [7, 11) is 0. The minimum atomic E-state index is -0.415. The number of carbonyl (C=O) groups excluding carboxylic acids is 1. The Labute approximate surface area is 225 Å². The third-order valence-corrected chi connectivity index (χ3v) is 8.58. The van der Waals surface area contributed by atoms with Gasteiger partial charge < -0.3 is 10.1 Å². The van der Waals surface area contributed by atoms with Gasteiger partial charge in [0, 0.05) is 43.5 Å². The molecule has 1 saturated carbocycles. The van der Waals surface area contributed by atoms with Crippen LogP contribution in [0, 0.1) is 22.0 Å². The second-order valence-electron chi connectivity index (χ2n) is 10.1. The van der Waals surface area contributed by atoms with Crippen LogP contribution >= 0.6 is 11.8 Å². The zero-order valence-corrected chi connectivity index (χ0v) is 22.0. The molecule has 38 heavy (non-hydrogen) atoms. The zero-order valence-electron chi connectivity index (χ0n) is 21.2. The summed E-state index contributed by atoms with van der Waals surface area (Å²) in [6.07, 6.45) is 5.58. The third kappa shape index (κ3) is 6.24. The molecule has 1 aliphatic heterocycles. The first-order valence-electron chi connectivity index (χ1n) is 13.2. The molecule has 200 valence electrons. The van der Waals surface area contributed by atoms with Gasteiger partial charge in [0.1, 0.15) is 0 Å². The van der Waals surface area contributed by atoms with Crippen molar-refractivity contribution in [1.29, 1.82) is 0 Å². The van der Waals surface area contributed by atoms with Gasteiger partial charge in [0.25, 0.3) is 11.2 Å². The van der Waals surface area contributed by atoms with Crippen molar-refractivity contribution in [3.05, 3.63) is 74.6 Å². The summed E-state index contributed by atoms with van der Waals surface area (Å²) >= 11 is 1.46. The largest absolute Gasteiger partial charge is 0.376 e. The fourth-order valence-electron chi connectivity index (χ4n) is 5.31. The van der Waals surface area contributed by atoms with Gasteiger partial charge in [-0.2, -0.15) is 0 Å². The van der Waals surface area contributed by atoms with Gasteiger partial charge in [0.2, 0.25) is 5.91 Å². The summed E-state index contributed by atoms with van der Waals surface area (Å²) in [5.41, 5.74) is 1.57. The van der Waals surface area contributed by atoms with E-state index in [1.165, 1.54) is 23.9 Å². The second kappa shape index (κ2) is 12.1. The molecule has 3 aromatic rings. The second-order valence-corrected chi connectivity index (χ2v) is 11.1. The number of benzene rings is 2. The number of amides is 1. The number of rotatable bonds is 9. The topological polar surface area (TPSA) is 116 Å². The van der Waals surface area contributed by atoms with Crippen molar-refractivity contribution >= 4 is 34.3 Å². The lowest BCUT2D eigenvalue weighted by Gasteiger charge is -2.29. The van der Waals surface area contributed by atoms with Gasteiger partial charge in [-0.05, 0) is 62.1 Å². The van der Waals surface area contributed by atoms with Crippen LogP contribution in [0.3, 0.4) is 0 Å². The smallest absolute Gasteiger partial charge is 0.269 e. The first-order chi connectivity index (χ1) is 18.5. The van der Waals surface area contributed by atoms with Crippen molar-refractivity contribution in [3.8, 4) is 0 Å². The molecule has 1 aliphatic carbocycles. The number of carbonyl (C=O) groups is 1. The molecule has 10 heteroatoms. The monoisotopic (exact) mass is 536 g/mol. The van der Waals surface area contributed by atoms with Crippen molar-refractivity contribution in [1.82, 2.24) is 14.9 Å². The number of hydrogen-bond acceptors (Lipinski definition) is 7. The van der Waals surface area contributed by atoms with Crippen LogP contribution in [0.2, 0.25) is 0 Å². The van der Waals surface area contributed by atoms with Crippen LogP contribution < -0.4 is 10.9 Å². The Balaban J connectivity index is 1.25. The average Bonchev–Trinajstić information content (AvgIpc) is 3.47. The maximum atomic E-state index is 13.5. The SMILES string of the molecule is O=C(NC[C@@H]1CCCO1)C1CCC(Cn2c(SCc3ccc([N+](=O)[O-])cc3)nc3ccccc3c2=O)CC1. The highest BCUT2D eigenvalue weighted by molar-refractivity contribution is 7.98. The van der Waals surface area contributed by atoms with E-state index in [9.17, 15) is 19.7 Å². The van der Waals surface area contributed by atoms with Crippen LogP contribution in [0.4, 0.5) is 5.69 Å². The Morgan fingerprint density at radius 3 is 2.58 bits per heavy atom. The molecule has 2 aliphatic rings. The first kappa shape index (κ1) is 26.4. The molecule has 0 radical (unpaired) electrons. The molecule has 0 spiro atoms. The van der Waals surface area contributed by atoms with E-state index in [0.29, 0.717) is 34.9 Å².